The molecule has 0 spiro atoms. The number of carboxylic acids is 1. The lowest BCUT2D eigenvalue weighted by atomic mass is 10.2. The molecule has 1 aromatic heterocycles. The molecule has 0 aliphatic carbocycles. The number of aromatic nitrogens is 1. The lowest BCUT2D eigenvalue weighted by Gasteiger charge is -2.14. The molecule has 0 atom stereocenters. The number of para-hydroxylation sites is 1. The van der Waals surface area contributed by atoms with Crippen molar-refractivity contribution in [3.63, 3.8) is 0 Å². The van der Waals surface area contributed by atoms with Crippen molar-refractivity contribution in [2.24, 2.45) is 0 Å². The van der Waals surface area contributed by atoms with Crippen LogP contribution in [0.1, 0.15) is 0 Å². The number of hydrogen-bond donors (Lipinski definition) is 1. The number of benzene rings is 1. The van der Waals surface area contributed by atoms with E-state index in [1.165, 1.54) is 7.05 Å². The number of aliphatic carboxylic acids is 1. The lowest BCUT2D eigenvalue weighted by molar-refractivity contribution is -0.137. The fraction of sp³-hybridized carbons (Fsp3) is 0.154. The number of carbonyl (C=O) groups is 2. The van der Waals surface area contributed by atoms with Gasteiger partial charge in [0.1, 0.15) is 12.1 Å². The summed E-state index contributed by atoms with van der Waals surface area (Å²) in [7, 11) is 1.36. The maximum Gasteiger partial charge on any atom is 0.415 e. The molecule has 98 valence electrons. The van der Waals surface area contributed by atoms with Crippen LogP contribution in [0.3, 0.4) is 0 Å². The van der Waals surface area contributed by atoms with E-state index in [1.807, 2.05) is 12.1 Å². The van der Waals surface area contributed by atoms with Gasteiger partial charge >= 0.3 is 12.1 Å². The summed E-state index contributed by atoms with van der Waals surface area (Å²) in [5.74, 6) is -0.796. The number of nitrogens with zero attached hydrogens (tertiary/aromatic N) is 2. The van der Waals surface area contributed by atoms with Crippen molar-refractivity contribution in [3.8, 4) is 5.75 Å². The number of pyridine rings is 1. The first kappa shape index (κ1) is 12.8. The van der Waals surface area contributed by atoms with Crippen LogP contribution in [0.15, 0.2) is 36.5 Å². The second kappa shape index (κ2) is 5.34. The molecule has 1 N–H and O–H groups in total. The Balaban J connectivity index is 2.22. The van der Waals surface area contributed by atoms with Crippen molar-refractivity contribution >= 4 is 23.0 Å². The fourth-order valence-corrected chi connectivity index (χ4v) is 1.60. The van der Waals surface area contributed by atoms with Gasteiger partial charge in [-0.25, -0.2) is 4.79 Å². The molecule has 6 nitrogen and oxygen atoms in total. The molecule has 19 heavy (non-hydrogen) atoms. The minimum absolute atomic E-state index is 0.306. The number of likely N-dealkylation sites (N-methyl/N-ethyl adjacent to an activating group) is 1. The topological polar surface area (TPSA) is 79.7 Å². The summed E-state index contributed by atoms with van der Waals surface area (Å²) in [5, 5.41) is 9.45. The predicted octanol–water partition coefficient (Wildman–Crippen LogP) is 1.75. The van der Waals surface area contributed by atoms with Gasteiger partial charge < -0.3 is 9.84 Å². The van der Waals surface area contributed by atoms with Crippen molar-refractivity contribution < 1.29 is 19.4 Å². The molecule has 1 amide bonds. The number of carbonyl (C=O) groups excluding carboxylic acids is 1. The maximum atomic E-state index is 11.7. The van der Waals surface area contributed by atoms with Crippen LogP contribution in [0.2, 0.25) is 0 Å². The molecule has 0 bridgehead atoms. The molecule has 2 aromatic rings. The molecule has 0 radical (unpaired) electrons. The van der Waals surface area contributed by atoms with Crippen molar-refractivity contribution in [2.45, 2.75) is 0 Å². The van der Waals surface area contributed by atoms with Crippen molar-refractivity contribution in [3.05, 3.63) is 36.5 Å². The Kier molecular flexibility index (Phi) is 3.61. The number of amides is 1. The Labute approximate surface area is 109 Å². The van der Waals surface area contributed by atoms with E-state index in [4.69, 9.17) is 9.84 Å². The largest absolute Gasteiger partial charge is 0.480 e. The lowest BCUT2D eigenvalue weighted by Crippen LogP contribution is -2.34. The van der Waals surface area contributed by atoms with E-state index in [1.54, 1.807) is 24.4 Å². The molecule has 2 rings (SSSR count). The summed E-state index contributed by atoms with van der Waals surface area (Å²) in [6.45, 7) is -0.420. The van der Waals surface area contributed by atoms with E-state index in [2.05, 4.69) is 4.98 Å². The summed E-state index contributed by atoms with van der Waals surface area (Å²) in [5.41, 5.74) is 0.557. The van der Waals surface area contributed by atoms with Crippen LogP contribution in [-0.2, 0) is 4.79 Å². The first-order chi connectivity index (χ1) is 9.08. The van der Waals surface area contributed by atoms with Gasteiger partial charge in [-0.2, -0.15) is 0 Å². The van der Waals surface area contributed by atoms with E-state index in [0.717, 1.165) is 10.3 Å². The minimum atomic E-state index is -1.10. The third kappa shape index (κ3) is 2.98. The van der Waals surface area contributed by atoms with Crippen molar-refractivity contribution in [1.29, 1.82) is 0 Å². The quantitative estimate of drug-likeness (QED) is 0.909. The Bertz CT molecular complexity index is 622. The summed E-state index contributed by atoms with van der Waals surface area (Å²) in [6.07, 6.45) is 0.862. The third-order valence-electron chi connectivity index (χ3n) is 2.48. The number of carboxylic acid groups (broad SMARTS) is 1. The van der Waals surface area contributed by atoms with Gasteiger partial charge in [0.25, 0.3) is 0 Å². The van der Waals surface area contributed by atoms with Gasteiger partial charge in [0.2, 0.25) is 0 Å². The summed E-state index contributed by atoms with van der Waals surface area (Å²) < 4.78 is 5.15. The molecule has 1 aromatic carbocycles. The molecule has 0 aliphatic heterocycles. The van der Waals surface area contributed by atoms with Gasteiger partial charge in [-0.15, -0.1) is 0 Å². The maximum absolute atomic E-state index is 11.7. The van der Waals surface area contributed by atoms with Gasteiger partial charge in [0, 0.05) is 18.6 Å². The van der Waals surface area contributed by atoms with Crippen LogP contribution < -0.4 is 4.74 Å². The van der Waals surface area contributed by atoms with Crippen LogP contribution in [0.25, 0.3) is 10.9 Å². The molecule has 0 fully saturated rings. The zero-order valence-electron chi connectivity index (χ0n) is 10.2. The SMILES string of the molecule is CN(CC(=O)O)C(=O)Oc1cccc2cccnc12. The van der Waals surface area contributed by atoms with E-state index in [0.29, 0.717) is 11.3 Å². The average Bonchev–Trinajstić information content (AvgIpc) is 2.38. The van der Waals surface area contributed by atoms with Crippen molar-refractivity contribution in [2.75, 3.05) is 13.6 Å². The third-order valence-corrected chi connectivity index (χ3v) is 2.48. The van der Waals surface area contributed by atoms with Crippen LogP contribution in [0.4, 0.5) is 4.79 Å². The zero-order chi connectivity index (χ0) is 13.8. The standard InChI is InChI=1S/C13H12N2O4/c1-15(8-11(16)17)13(18)19-10-6-2-4-9-5-3-7-14-12(9)10/h2-7H,8H2,1H3,(H,16,17). The van der Waals surface area contributed by atoms with Crippen LogP contribution in [-0.4, -0.2) is 40.6 Å². The first-order valence-electron chi connectivity index (χ1n) is 5.56. The number of rotatable bonds is 3. The molecule has 0 saturated heterocycles. The highest BCUT2D eigenvalue weighted by atomic mass is 16.6. The van der Waals surface area contributed by atoms with E-state index in [-0.39, 0.29) is 0 Å². The van der Waals surface area contributed by atoms with E-state index < -0.39 is 18.6 Å². The Morgan fingerprint density at radius 2 is 2.05 bits per heavy atom. The van der Waals surface area contributed by atoms with Gasteiger partial charge in [-0.3, -0.25) is 14.7 Å². The summed E-state index contributed by atoms with van der Waals surface area (Å²) in [4.78, 5) is 27.3. The number of ether oxygens (including phenoxy) is 1. The Morgan fingerprint density at radius 1 is 1.32 bits per heavy atom. The Morgan fingerprint density at radius 3 is 2.79 bits per heavy atom. The van der Waals surface area contributed by atoms with E-state index in [9.17, 15) is 9.59 Å². The molecule has 1 heterocycles. The predicted molar refractivity (Wildman–Crippen MR) is 68.0 cm³/mol. The summed E-state index contributed by atoms with van der Waals surface area (Å²) >= 11 is 0. The molecule has 0 unspecified atom stereocenters. The van der Waals surface area contributed by atoms with Gasteiger partial charge in [-0.1, -0.05) is 18.2 Å². The molecule has 0 aliphatic rings. The summed E-state index contributed by atoms with van der Waals surface area (Å²) in [6, 6.07) is 8.83. The second-order valence-corrected chi connectivity index (χ2v) is 3.95. The highest BCUT2D eigenvalue weighted by molar-refractivity contribution is 5.87. The fourth-order valence-electron chi connectivity index (χ4n) is 1.60. The minimum Gasteiger partial charge on any atom is -0.480 e. The van der Waals surface area contributed by atoms with Crippen LogP contribution >= 0.6 is 0 Å². The van der Waals surface area contributed by atoms with Gasteiger partial charge in [0.15, 0.2) is 5.75 Å². The Hall–Kier alpha value is -2.63. The molecule has 6 heteroatoms. The smallest absolute Gasteiger partial charge is 0.415 e. The molecular formula is C13H12N2O4. The monoisotopic (exact) mass is 260 g/mol. The number of hydrogen-bond acceptors (Lipinski definition) is 4. The highest BCUT2D eigenvalue weighted by Crippen LogP contribution is 2.23. The van der Waals surface area contributed by atoms with E-state index >= 15 is 0 Å². The second-order valence-electron chi connectivity index (χ2n) is 3.95. The normalized spacial score (nSPS) is 10.2. The zero-order valence-corrected chi connectivity index (χ0v) is 10.2. The van der Waals surface area contributed by atoms with Gasteiger partial charge in [-0.05, 0) is 12.1 Å². The van der Waals surface area contributed by atoms with Crippen LogP contribution in [0, 0.1) is 0 Å². The highest BCUT2D eigenvalue weighted by Gasteiger charge is 2.15. The van der Waals surface area contributed by atoms with Gasteiger partial charge in [0.05, 0.1) is 0 Å². The number of fused-ring (bicyclic) bond motifs is 1. The van der Waals surface area contributed by atoms with Crippen LogP contribution in [0.5, 0.6) is 5.75 Å². The van der Waals surface area contributed by atoms with Crippen molar-refractivity contribution in [1.82, 2.24) is 9.88 Å². The molecular weight excluding hydrogens is 248 g/mol. The average molecular weight is 260 g/mol. The first-order valence-corrected chi connectivity index (χ1v) is 5.56. The molecule has 0 saturated carbocycles.